The van der Waals surface area contributed by atoms with Gasteiger partial charge in [0, 0.05) is 69.0 Å². The largest absolute Gasteiger partial charge is 0.160 e. The van der Waals surface area contributed by atoms with E-state index in [9.17, 15) is 0 Å². The molecule has 0 saturated carbocycles. The summed E-state index contributed by atoms with van der Waals surface area (Å²) >= 11 is 25.3. The molecular formula is C18H24S12. The third-order valence-electron chi connectivity index (χ3n) is 3.83. The Morgan fingerprint density at radius 3 is 0.767 bits per heavy atom. The maximum Gasteiger partial charge on any atom is 0.0717 e. The van der Waals surface area contributed by atoms with Gasteiger partial charge in [0.2, 0.25) is 0 Å². The van der Waals surface area contributed by atoms with Crippen LogP contribution in [0.25, 0.3) is 0 Å². The van der Waals surface area contributed by atoms with E-state index in [1.54, 1.807) is 25.4 Å². The highest BCUT2D eigenvalue weighted by Crippen LogP contribution is 2.66. The van der Waals surface area contributed by atoms with Gasteiger partial charge in [0.05, 0.1) is 25.4 Å². The zero-order chi connectivity index (χ0) is 20.4. The number of thioether (sulfide) groups is 12. The molecule has 0 radical (unpaired) electrons. The van der Waals surface area contributed by atoms with E-state index in [0.29, 0.717) is 0 Å². The standard InChI is InChI=1S/C18H24S12/c1-2-20-6-10-24-15-16-26-12-8-22-4-3-21-7-11-25-14-13(23-9-5-19-1)27-17(28-14)18(29-15)30-16/h1-12H2. The van der Waals surface area contributed by atoms with E-state index in [2.05, 4.69) is 141 Å². The summed E-state index contributed by atoms with van der Waals surface area (Å²) < 4.78 is 9.41. The predicted molar refractivity (Wildman–Crippen MR) is 171 cm³/mol. The van der Waals surface area contributed by atoms with Gasteiger partial charge >= 0.3 is 0 Å². The second-order valence-corrected chi connectivity index (χ2v) is 20.9. The number of fused-ring (bicyclic) bond motifs is 4. The van der Waals surface area contributed by atoms with Crippen molar-refractivity contribution in [3.8, 4) is 0 Å². The van der Waals surface area contributed by atoms with E-state index in [0.717, 1.165) is 0 Å². The molecule has 0 nitrogen and oxygen atoms in total. The van der Waals surface area contributed by atoms with Crippen molar-refractivity contribution in [1.29, 1.82) is 0 Å². The molecule has 12 heteroatoms. The molecule has 4 aliphatic rings. The summed E-state index contributed by atoms with van der Waals surface area (Å²) in [5.41, 5.74) is 0. The van der Waals surface area contributed by atoms with Crippen molar-refractivity contribution in [3.05, 3.63) is 25.4 Å². The van der Waals surface area contributed by atoms with Gasteiger partial charge in [-0.2, -0.15) is 47.0 Å². The van der Waals surface area contributed by atoms with E-state index < -0.39 is 0 Å². The first kappa shape index (κ1) is 26.5. The summed E-state index contributed by atoms with van der Waals surface area (Å²) in [6.45, 7) is 0. The van der Waals surface area contributed by atoms with Gasteiger partial charge in [0.1, 0.15) is 0 Å². The molecule has 0 aromatic carbocycles. The van der Waals surface area contributed by atoms with E-state index in [-0.39, 0.29) is 0 Å². The van der Waals surface area contributed by atoms with Crippen molar-refractivity contribution in [2.75, 3.05) is 69.0 Å². The Balaban J connectivity index is 1.53. The fraction of sp³-hybridized carbons (Fsp3) is 0.667. The summed E-state index contributed by atoms with van der Waals surface area (Å²) in [6, 6.07) is 0. The van der Waals surface area contributed by atoms with Crippen LogP contribution in [0.15, 0.2) is 25.4 Å². The van der Waals surface area contributed by atoms with Crippen LogP contribution in [0.4, 0.5) is 0 Å². The van der Waals surface area contributed by atoms with Gasteiger partial charge in [0.15, 0.2) is 0 Å². The maximum absolute atomic E-state index is 2.14. The van der Waals surface area contributed by atoms with Crippen LogP contribution in [0, 0.1) is 0 Å². The minimum absolute atomic E-state index is 1.25. The summed E-state index contributed by atoms with van der Waals surface area (Å²) in [5.74, 6) is 15.3. The molecule has 0 aromatic heterocycles. The lowest BCUT2D eigenvalue weighted by molar-refractivity contribution is 1.47. The van der Waals surface area contributed by atoms with Crippen LogP contribution in [0.5, 0.6) is 0 Å². The van der Waals surface area contributed by atoms with Crippen molar-refractivity contribution < 1.29 is 0 Å². The van der Waals surface area contributed by atoms with Gasteiger partial charge in [-0.25, -0.2) is 0 Å². The molecular weight excluding hydrogens is 601 g/mol. The fourth-order valence-electron chi connectivity index (χ4n) is 2.48. The van der Waals surface area contributed by atoms with E-state index in [1.807, 2.05) is 0 Å². The average molecular weight is 625 g/mol. The smallest absolute Gasteiger partial charge is 0.0717 e. The molecule has 0 atom stereocenters. The minimum Gasteiger partial charge on any atom is -0.160 e. The van der Waals surface area contributed by atoms with E-state index >= 15 is 0 Å². The van der Waals surface area contributed by atoms with Gasteiger partial charge < -0.3 is 0 Å². The monoisotopic (exact) mass is 624 g/mol. The average Bonchev–Trinajstić information content (AvgIpc) is 3.33. The lowest BCUT2D eigenvalue weighted by Crippen LogP contribution is -1.93. The second kappa shape index (κ2) is 15.5. The molecule has 6 bridgehead atoms. The Kier molecular flexibility index (Phi) is 13.7. The van der Waals surface area contributed by atoms with E-state index in [1.165, 1.54) is 69.0 Å². The molecule has 30 heavy (non-hydrogen) atoms. The lowest BCUT2D eigenvalue weighted by atomic mass is 10.9. The van der Waals surface area contributed by atoms with Crippen LogP contribution in [-0.4, -0.2) is 69.0 Å². The highest BCUT2D eigenvalue weighted by atomic mass is 32.3. The van der Waals surface area contributed by atoms with Crippen LogP contribution < -0.4 is 0 Å². The zero-order valence-corrected chi connectivity index (χ0v) is 26.2. The van der Waals surface area contributed by atoms with E-state index in [4.69, 9.17) is 0 Å². The molecule has 0 amide bonds. The Morgan fingerprint density at radius 1 is 0.267 bits per heavy atom. The predicted octanol–water partition coefficient (Wildman–Crippen LogP) is 9.22. The SMILES string of the molecule is C1CSCCSC2=C3SCCSCCSCCSC4=C(SCCS1)SC(=C(S2)S3)S4. The van der Waals surface area contributed by atoms with Crippen LogP contribution in [0.1, 0.15) is 0 Å². The van der Waals surface area contributed by atoms with Crippen molar-refractivity contribution >= 4 is 141 Å². The lowest BCUT2D eigenvalue weighted by Gasteiger charge is -2.07. The number of rotatable bonds is 0. The molecule has 0 fully saturated rings. The molecule has 168 valence electrons. The minimum atomic E-state index is 1.25. The van der Waals surface area contributed by atoms with Gasteiger partial charge in [-0.15, -0.1) is 47.0 Å². The third kappa shape index (κ3) is 8.82. The Morgan fingerprint density at radius 2 is 0.500 bits per heavy atom. The van der Waals surface area contributed by atoms with Crippen molar-refractivity contribution in [3.63, 3.8) is 0 Å². The first-order valence-corrected chi connectivity index (χ1v) is 21.5. The summed E-state index contributed by atoms with van der Waals surface area (Å²) in [5, 5.41) is 0. The molecule has 0 aromatic rings. The van der Waals surface area contributed by atoms with Crippen molar-refractivity contribution in [2.24, 2.45) is 0 Å². The highest BCUT2D eigenvalue weighted by molar-refractivity contribution is 8.45. The summed E-state index contributed by atoms with van der Waals surface area (Å²) in [6.07, 6.45) is 0. The Bertz CT molecular complexity index is 562. The van der Waals surface area contributed by atoms with Crippen molar-refractivity contribution in [2.45, 2.75) is 0 Å². The molecule has 0 N–H and O–H groups in total. The van der Waals surface area contributed by atoms with Crippen molar-refractivity contribution in [1.82, 2.24) is 0 Å². The topological polar surface area (TPSA) is 0 Å². The summed E-state index contributed by atoms with van der Waals surface area (Å²) in [4.78, 5) is 0. The first-order valence-electron chi connectivity index (χ1n) is 9.66. The Labute approximate surface area is 232 Å². The van der Waals surface area contributed by atoms with Crippen LogP contribution in [0.2, 0.25) is 0 Å². The molecule has 4 heterocycles. The number of hydrogen-bond donors (Lipinski definition) is 0. The van der Waals surface area contributed by atoms with Crippen LogP contribution in [0.3, 0.4) is 0 Å². The molecule has 0 spiro atoms. The summed E-state index contributed by atoms with van der Waals surface area (Å²) in [7, 11) is 0. The third-order valence-corrected chi connectivity index (χ3v) is 20.9. The molecule has 4 rings (SSSR count). The van der Waals surface area contributed by atoms with Gasteiger partial charge in [-0.3, -0.25) is 0 Å². The molecule has 0 saturated heterocycles. The van der Waals surface area contributed by atoms with Gasteiger partial charge in [-0.05, 0) is 0 Å². The van der Waals surface area contributed by atoms with Crippen LogP contribution >= 0.6 is 141 Å². The quantitative estimate of drug-likeness (QED) is 0.252. The molecule has 4 aliphatic heterocycles. The zero-order valence-electron chi connectivity index (χ0n) is 16.4. The Hall–Kier alpha value is 3.42. The molecule has 0 unspecified atom stereocenters. The fourth-order valence-corrected chi connectivity index (χ4v) is 19.3. The second-order valence-electron chi connectivity index (χ2n) is 5.98. The number of hydrogen-bond acceptors (Lipinski definition) is 12. The maximum atomic E-state index is 2.14. The van der Waals surface area contributed by atoms with Gasteiger partial charge in [0.25, 0.3) is 0 Å². The highest BCUT2D eigenvalue weighted by Gasteiger charge is 2.30. The van der Waals surface area contributed by atoms with Crippen LogP contribution in [-0.2, 0) is 0 Å². The first-order chi connectivity index (χ1) is 14.9. The molecule has 0 aliphatic carbocycles. The normalized spacial score (nSPS) is 26.4. The van der Waals surface area contributed by atoms with Gasteiger partial charge in [-0.1, -0.05) is 47.0 Å².